The van der Waals surface area contributed by atoms with E-state index in [1.165, 1.54) is 11.1 Å². The van der Waals surface area contributed by atoms with E-state index in [0.717, 1.165) is 31.6 Å². The molecule has 2 aromatic rings. The van der Waals surface area contributed by atoms with Gasteiger partial charge in [0.2, 0.25) is 0 Å². The van der Waals surface area contributed by atoms with Crippen molar-refractivity contribution in [1.29, 1.82) is 0 Å². The molecule has 0 aromatic heterocycles. The Morgan fingerprint density at radius 3 is 2.39 bits per heavy atom. The average molecular weight is 239 g/mol. The second kappa shape index (κ2) is 6.85. The molecular weight excluding hydrogens is 220 g/mol. The highest BCUT2D eigenvalue weighted by atomic mass is 16.5. The van der Waals surface area contributed by atoms with Crippen molar-refractivity contribution in [2.24, 2.45) is 0 Å². The summed E-state index contributed by atoms with van der Waals surface area (Å²) in [6.45, 7) is 4.59. The maximum atomic E-state index is 5.78. The van der Waals surface area contributed by atoms with Gasteiger partial charge in [-0.05, 0) is 36.1 Å². The molecule has 0 saturated carbocycles. The van der Waals surface area contributed by atoms with E-state index in [0.29, 0.717) is 0 Å². The molecule has 93 valence electrons. The van der Waals surface area contributed by atoms with E-state index in [2.05, 4.69) is 43.3 Å². The summed E-state index contributed by atoms with van der Waals surface area (Å²) < 4.78 is 5.78. The van der Waals surface area contributed by atoms with Crippen LogP contribution in [0.15, 0.2) is 54.6 Å². The van der Waals surface area contributed by atoms with Gasteiger partial charge < -0.3 is 4.74 Å². The molecule has 1 heteroatoms. The summed E-state index contributed by atoms with van der Waals surface area (Å²) in [5, 5.41) is 0. The minimum absolute atomic E-state index is 0.720. The second-order valence-electron chi connectivity index (χ2n) is 4.34. The van der Waals surface area contributed by atoms with Crippen LogP contribution >= 0.6 is 0 Å². The summed E-state index contributed by atoms with van der Waals surface area (Å²) in [6, 6.07) is 18.7. The van der Waals surface area contributed by atoms with E-state index < -0.39 is 0 Å². The van der Waals surface area contributed by atoms with E-state index in [4.69, 9.17) is 4.74 Å². The average Bonchev–Trinajstić information content (AvgIpc) is 2.41. The Kier molecular flexibility index (Phi) is 4.83. The van der Waals surface area contributed by atoms with Gasteiger partial charge in [-0.2, -0.15) is 0 Å². The Hall–Kier alpha value is -1.76. The van der Waals surface area contributed by atoms with Crippen LogP contribution in [0.1, 0.15) is 17.5 Å². The Bertz CT molecular complexity index is 462. The van der Waals surface area contributed by atoms with Gasteiger partial charge in [-0.15, -0.1) is 0 Å². The van der Waals surface area contributed by atoms with Crippen molar-refractivity contribution in [3.63, 3.8) is 0 Å². The maximum absolute atomic E-state index is 5.78. The van der Waals surface area contributed by atoms with E-state index in [1.54, 1.807) is 0 Å². The lowest BCUT2D eigenvalue weighted by Gasteiger charge is -2.07. The van der Waals surface area contributed by atoms with Crippen molar-refractivity contribution in [3.05, 3.63) is 72.6 Å². The summed E-state index contributed by atoms with van der Waals surface area (Å²) in [5.74, 6) is 0.955. The fourth-order valence-corrected chi connectivity index (χ4v) is 1.93. The molecule has 0 amide bonds. The summed E-state index contributed by atoms with van der Waals surface area (Å²) in [5.41, 5.74) is 2.61. The molecule has 0 aliphatic carbocycles. The third-order valence-corrected chi connectivity index (χ3v) is 2.87. The third-order valence-electron chi connectivity index (χ3n) is 2.87. The maximum Gasteiger partial charge on any atom is 0.119 e. The molecule has 0 unspecified atom stereocenters. The number of rotatable bonds is 6. The van der Waals surface area contributed by atoms with E-state index in [-0.39, 0.29) is 0 Å². The molecule has 18 heavy (non-hydrogen) atoms. The molecule has 0 saturated heterocycles. The molecule has 0 aliphatic heterocycles. The third kappa shape index (κ3) is 3.92. The predicted octanol–water partition coefficient (Wildman–Crippen LogP) is 4.07. The summed E-state index contributed by atoms with van der Waals surface area (Å²) in [7, 11) is 0. The van der Waals surface area contributed by atoms with Gasteiger partial charge in [0.05, 0.1) is 6.61 Å². The second-order valence-corrected chi connectivity index (χ2v) is 4.34. The van der Waals surface area contributed by atoms with Gasteiger partial charge in [-0.3, -0.25) is 0 Å². The fourth-order valence-electron chi connectivity index (χ4n) is 1.93. The lowest BCUT2D eigenvalue weighted by molar-refractivity contribution is 0.321. The molecular formula is C17H19O. The number of ether oxygens (including phenoxy) is 1. The minimum Gasteiger partial charge on any atom is -0.493 e. The van der Waals surface area contributed by atoms with E-state index >= 15 is 0 Å². The van der Waals surface area contributed by atoms with Gasteiger partial charge in [-0.25, -0.2) is 0 Å². The topological polar surface area (TPSA) is 9.23 Å². The molecule has 0 N–H and O–H groups in total. The van der Waals surface area contributed by atoms with Crippen molar-refractivity contribution < 1.29 is 4.74 Å². The normalized spacial score (nSPS) is 10.3. The quantitative estimate of drug-likeness (QED) is 0.738. The van der Waals surface area contributed by atoms with Gasteiger partial charge in [0.15, 0.2) is 0 Å². The first kappa shape index (κ1) is 12.7. The highest BCUT2D eigenvalue weighted by molar-refractivity contribution is 5.28. The van der Waals surface area contributed by atoms with Crippen LogP contribution in [0.4, 0.5) is 0 Å². The molecule has 1 nitrogen and oxygen atoms in total. The van der Waals surface area contributed by atoms with Crippen LogP contribution < -0.4 is 4.74 Å². The van der Waals surface area contributed by atoms with Gasteiger partial charge in [0.25, 0.3) is 0 Å². The minimum atomic E-state index is 0.720. The standard InChI is InChI=1S/C17H19O/c1-2-7-16-10-6-11-17(14-16)18-13-12-15-8-4-3-5-9-15/h3-6,8-11,14H,1-2,7,12-13H2. The predicted molar refractivity (Wildman–Crippen MR) is 75.8 cm³/mol. The zero-order valence-corrected chi connectivity index (χ0v) is 10.6. The Morgan fingerprint density at radius 1 is 0.833 bits per heavy atom. The molecule has 1 radical (unpaired) electrons. The van der Waals surface area contributed by atoms with Crippen LogP contribution in [-0.2, 0) is 12.8 Å². The molecule has 0 bridgehead atoms. The molecule has 0 aliphatic rings. The molecule has 0 fully saturated rings. The summed E-state index contributed by atoms with van der Waals surface area (Å²) >= 11 is 0. The lowest BCUT2D eigenvalue weighted by Crippen LogP contribution is -2.01. The SMILES string of the molecule is [CH2]CCc1cccc(OCCc2ccccc2)c1. The van der Waals surface area contributed by atoms with Gasteiger partial charge in [0, 0.05) is 6.42 Å². The van der Waals surface area contributed by atoms with E-state index in [9.17, 15) is 0 Å². The Morgan fingerprint density at radius 2 is 1.61 bits per heavy atom. The Balaban J connectivity index is 1.84. The Labute approximate surface area is 109 Å². The lowest BCUT2D eigenvalue weighted by atomic mass is 10.1. The van der Waals surface area contributed by atoms with Crippen molar-refractivity contribution >= 4 is 0 Å². The van der Waals surface area contributed by atoms with Crippen LogP contribution in [0.3, 0.4) is 0 Å². The van der Waals surface area contributed by atoms with Crippen molar-refractivity contribution in [1.82, 2.24) is 0 Å². The molecule has 2 rings (SSSR count). The number of benzene rings is 2. The molecule has 2 aromatic carbocycles. The molecule has 0 spiro atoms. The first-order chi connectivity index (χ1) is 8.88. The van der Waals surface area contributed by atoms with Gasteiger partial charge in [0.1, 0.15) is 5.75 Å². The first-order valence-electron chi connectivity index (χ1n) is 6.43. The van der Waals surface area contributed by atoms with Crippen molar-refractivity contribution in [2.45, 2.75) is 19.3 Å². The highest BCUT2D eigenvalue weighted by Gasteiger charge is 1.97. The highest BCUT2D eigenvalue weighted by Crippen LogP contribution is 2.15. The van der Waals surface area contributed by atoms with Crippen molar-refractivity contribution in [2.75, 3.05) is 6.61 Å². The van der Waals surface area contributed by atoms with Crippen LogP contribution in [0.5, 0.6) is 5.75 Å². The zero-order chi connectivity index (χ0) is 12.6. The molecule has 0 heterocycles. The number of aryl methyl sites for hydroxylation is 1. The monoisotopic (exact) mass is 239 g/mol. The molecule has 0 atom stereocenters. The van der Waals surface area contributed by atoms with Crippen LogP contribution in [0, 0.1) is 6.92 Å². The van der Waals surface area contributed by atoms with Gasteiger partial charge >= 0.3 is 0 Å². The summed E-state index contributed by atoms with van der Waals surface area (Å²) in [4.78, 5) is 0. The van der Waals surface area contributed by atoms with Crippen molar-refractivity contribution in [3.8, 4) is 5.75 Å². The zero-order valence-electron chi connectivity index (χ0n) is 10.6. The first-order valence-corrected chi connectivity index (χ1v) is 6.43. The number of hydrogen-bond acceptors (Lipinski definition) is 1. The largest absolute Gasteiger partial charge is 0.493 e. The summed E-state index contributed by atoms with van der Waals surface area (Å²) in [6.07, 6.45) is 2.88. The fraction of sp³-hybridized carbons (Fsp3) is 0.235. The smallest absolute Gasteiger partial charge is 0.119 e. The van der Waals surface area contributed by atoms with E-state index in [1.807, 2.05) is 18.2 Å². The van der Waals surface area contributed by atoms with Crippen LogP contribution in [0.25, 0.3) is 0 Å². The van der Waals surface area contributed by atoms with Crippen LogP contribution in [-0.4, -0.2) is 6.61 Å². The van der Waals surface area contributed by atoms with Crippen LogP contribution in [0.2, 0.25) is 0 Å². The van der Waals surface area contributed by atoms with Gasteiger partial charge in [-0.1, -0.05) is 49.4 Å². The number of hydrogen-bond donors (Lipinski definition) is 0.